The molecular weight excluding hydrogens is 366 g/mol. The van der Waals surface area contributed by atoms with Gasteiger partial charge in [-0.05, 0) is 61.0 Å². The molecule has 0 aliphatic rings. The molecule has 7 heteroatoms. The highest BCUT2D eigenvalue weighted by molar-refractivity contribution is 5.81. The SMILES string of the molecule is COc1ccc(-n2c(Nc3cccnc3)nc3ccc(C#N)cc3c2=O)c(C)c1. The molecule has 0 atom stereocenters. The average Bonchev–Trinajstić information content (AvgIpc) is 2.75. The van der Waals surface area contributed by atoms with Gasteiger partial charge in [0.15, 0.2) is 0 Å². The molecule has 0 aliphatic heterocycles. The molecule has 2 heterocycles. The second-order valence-electron chi connectivity index (χ2n) is 6.44. The Hall–Kier alpha value is -4.18. The van der Waals surface area contributed by atoms with Crippen LogP contribution in [0.4, 0.5) is 11.6 Å². The van der Waals surface area contributed by atoms with Crippen molar-refractivity contribution in [2.24, 2.45) is 0 Å². The minimum atomic E-state index is -0.272. The zero-order valence-electron chi connectivity index (χ0n) is 15.9. The molecule has 0 fully saturated rings. The number of pyridine rings is 1. The number of hydrogen-bond acceptors (Lipinski definition) is 6. The Balaban J connectivity index is 2.01. The van der Waals surface area contributed by atoms with Crippen LogP contribution in [-0.2, 0) is 0 Å². The van der Waals surface area contributed by atoms with Crippen LogP contribution in [0.1, 0.15) is 11.1 Å². The van der Waals surface area contributed by atoms with E-state index in [-0.39, 0.29) is 5.56 Å². The predicted molar refractivity (Wildman–Crippen MR) is 111 cm³/mol. The Morgan fingerprint density at radius 3 is 2.72 bits per heavy atom. The third-order valence-electron chi connectivity index (χ3n) is 4.56. The summed E-state index contributed by atoms with van der Waals surface area (Å²) >= 11 is 0. The Kier molecular flexibility index (Phi) is 4.67. The Morgan fingerprint density at radius 1 is 1.17 bits per heavy atom. The molecule has 0 saturated carbocycles. The zero-order valence-corrected chi connectivity index (χ0v) is 15.9. The molecule has 0 saturated heterocycles. The minimum Gasteiger partial charge on any atom is -0.497 e. The number of nitrogens with one attached hydrogen (secondary N) is 1. The van der Waals surface area contributed by atoms with Crippen molar-refractivity contribution >= 4 is 22.5 Å². The molecule has 0 radical (unpaired) electrons. The maximum Gasteiger partial charge on any atom is 0.267 e. The first-order valence-electron chi connectivity index (χ1n) is 8.89. The second kappa shape index (κ2) is 7.44. The molecule has 4 rings (SSSR count). The lowest BCUT2D eigenvalue weighted by molar-refractivity contribution is 0.414. The van der Waals surface area contributed by atoms with Crippen LogP contribution in [0.3, 0.4) is 0 Å². The van der Waals surface area contributed by atoms with Gasteiger partial charge >= 0.3 is 0 Å². The third kappa shape index (κ3) is 3.39. The fraction of sp³-hybridized carbons (Fsp3) is 0.0909. The van der Waals surface area contributed by atoms with Crippen LogP contribution in [0.15, 0.2) is 65.7 Å². The quantitative estimate of drug-likeness (QED) is 0.577. The first-order valence-corrected chi connectivity index (χ1v) is 8.89. The number of ether oxygens (including phenoxy) is 1. The maximum absolute atomic E-state index is 13.4. The molecule has 1 N–H and O–H groups in total. The number of benzene rings is 2. The van der Waals surface area contributed by atoms with Crippen molar-refractivity contribution in [1.29, 1.82) is 5.26 Å². The summed E-state index contributed by atoms with van der Waals surface area (Å²) in [6.07, 6.45) is 3.32. The number of nitrogens with zero attached hydrogens (tertiary/aromatic N) is 4. The van der Waals surface area contributed by atoms with Crippen molar-refractivity contribution in [2.45, 2.75) is 6.92 Å². The van der Waals surface area contributed by atoms with E-state index in [9.17, 15) is 10.1 Å². The maximum atomic E-state index is 13.4. The largest absolute Gasteiger partial charge is 0.497 e. The Morgan fingerprint density at radius 2 is 2.03 bits per heavy atom. The van der Waals surface area contributed by atoms with E-state index >= 15 is 0 Å². The van der Waals surface area contributed by atoms with E-state index in [0.29, 0.717) is 39.5 Å². The van der Waals surface area contributed by atoms with E-state index in [2.05, 4.69) is 21.4 Å². The third-order valence-corrected chi connectivity index (χ3v) is 4.56. The Bertz CT molecular complexity index is 1310. The van der Waals surface area contributed by atoms with Gasteiger partial charge in [0, 0.05) is 6.20 Å². The van der Waals surface area contributed by atoms with Gasteiger partial charge in [-0.15, -0.1) is 0 Å². The van der Waals surface area contributed by atoms with E-state index < -0.39 is 0 Å². The highest BCUT2D eigenvalue weighted by atomic mass is 16.5. The van der Waals surface area contributed by atoms with Crippen molar-refractivity contribution in [3.8, 4) is 17.5 Å². The van der Waals surface area contributed by atoms with E-state index in [1.54, 1.807) is 49.8 Å². The minimum absolute atomic E-state index is 0.272. The summed E-state index contributed by atoms with van der Waals surface area (Å²) in [5.41, 5.74) is 2.85. The van der Waals surface area contributed by atoms with Gasteiger partial charge in [-0.1, -0.05) is 0 Å². The van der Waals surface area contributed by atoms with Crippen molar-refractivity contribution in [3.63, 3.8) is 0 Å². The van der Waals surface area contributed by atoms with Gasteiger partial charge in [0.05, 0.1) is 47.2 Å². The first-order chi connectivity index (χ1) is 14.1. The smallest absolute Gasteiger partial charge is 0.267 e. The molecule has 0 unspecified atom stereocenters. The monoisotopic (exact) mass is 383 g/mol. The molecule has 0 amide bonds. The molecule has 2 aromatic heterocycles. The molecule has 142 valence electrons. The standard InChI is InChI=1S/C22H17N5O2/c1-14-10-17(29-2)6-8-20(14)27-21(28)18-11-15(12-23)5-7-19(18)26-22(27)25-16-4-3-9-24-13-16/h3-11,13H,1-2H3,(H,25,26). The van der Waals surface area contributed by atoms with E-state index in [1.807, 2.05) is 25.1 Å². The molecule has 0 bridgehead atoms. The molecule has 2 aromatic carbocycles. The fourth-order valence-electron chi connectivity index (χ4n) is 3.13. The number of hydrogen-bond donors (Lipinski definition) is 1. The zero-order chi connectivity index (χ0) is 20.4. The lowest BCUT2D eigenvalue weighted by atomic mass is 10.1. The second-order valence-corrected chi connectivity index (χ2v) is 6.44. The van der Waals surface area contributed by atoms with Gasteiger partial charge in [0.2, 0.25) is 5.95 Å². The van der Waals surface area contributed by atoms with E-state index in [4.69, 9.17) is 4.74 Å². The van der Waals surface area contributed by atoms with Crippen LogP contribution in [0, 0.1) is 18.3 Å². The number of fused-ring (bicyclic) bond motifs is 1. The van der Waals surface area contributed by atoms with Crippen LogP contribution >= 0.6 is 0 Å². The van der Waals surface area contributed by atoms with Crippen LogP contribution in [-0.4, -0.2) is 21.6 Å². The lowest BCUT2D eigenvalue weighted by Gasteiger charge is -2.17. The van der Waals surface area contributed by atoms with Crippen LogP contribution < -0.4 is 15.6 Å². The number of methoxy groups -OCH3 is 1. The predicted octanol–water partition coefficient (Wildman–Crippen LogP) is 3.71. The number of rotatable bonds is 4. The summed E-state index contributed by atoms with van der Waals surface area (Å²) in [7, 11) is 1.59. The van der Waals surface area contributed by atoms with Crippen molar-refractivity contribution in [2.75, 3.05) is 12.4 Å². The molecule has 0 aliphatic carbocycles. The van der Waals surface area contributed by atoms with E-state index in [1.165, 1.54) is 4.57 Å². The summed E-state index contributed by atoms with van der Waals surface area (Å²) in [6.45, 7) is 1.90. The topological polar surface area (TPSA) is 92.8 Å². The summed E-state index contributed by atoms with van der Waals surface area (Å²) in [5.74, 6) is 1.05. The van der Waals surface area contributed by atoms with Gasteiger partial charge in [0.1, 0.15) is 5.75 Å². The summed E-state index contributed by atoms with van der Waals surface area (Å²) in [4.78, 5) is 22.2. The normalized spacial score (nSPS) is 10.5. The van der Waals surface area contributed by atoms with Crippen LogP contribution in [0.25, 0.3) is 16.6 Å². The lowest BCUT2D eigenvalue weighted by Crippen LogP contribution is -2.23. The van der Waals surface area contributed by atoms with Crippen LogP contribution in [0.2, 0.25) is 0 Å². The molecule has 7 nitrogen and oxygen atoms in total. The summed E-state index contributed by atoms with van der Waals surface area (Å²) < 4.78 is 6.78. The molecular formula is C22H17N5O2. The highest BCUT2D eigenvalue weighted by Gasteiger charge is 2.16. The van der Waals surface area contributed by atoms with Crippen LogP contribution in [0.5, 0.6) is 5.75 Å². The number of aryl methyl sites for hydroxylation is 1. The van der Waals surface area contributed by atoms with E-state index in [0.717, 1.165) is 5.56 Å². The first kappa shape index (κ1) is 18.2. The van der Waals surface area contributed by atoms with Crippen molar-refractivity contribution in [3.05, 3.63) is 82.4 Å². The highest BCUT2D eigenvalue weighted by Crippen LogP contribution is 2.24. The number of anilines is 2. The molecule has 29 heavy (non-hydrogen) atoms. The summed E-state index contributed by atoms with van der Waals surface area (Å²) in [5, 5.41) is 12.8. The van der Waals surface area contributed by atoms with Gasteiger partial charge in [-0.25, -0.2) is 9.55 Å². The summed E-state index contributed by atoms with van der Waals surface area (Å²) in [6, 6.07) is 16.0. The Labute approximate surface area is 166 Å². The fourth-order valence-corrected chi connectivity index (χ4v) is 3.13. The number of aromatic nitrogens is 3. The number of nitriles is 1. The average molecular weight is 383 g/mol. The van der Waals surface area contributed by atoms with Crippen molar-refractivity contribution < 1.29 is 4.74 Å². The molecule has 0 spiro atoms. The van der Waals surface area contributed by atoms with Gasteiger partial charge < -0.3 is 10.1 Å². The van der Waals surface area contributed by atoms with Gasteiger partial charge in [-0.2, -0.15) is 5.26 Å². The molecule has 4 aromatic rings. The van der Waals surface area contributed by atoms with Crippen molar-refractivity contribution in [1.82, 2.24) is 14.5 Å². The van der Waals surface area contributed by atoms with Gasteiger partial charge in [0.25, 0.3) is 5.56 Å². The van der Waals surface area contributed by atoms with Gasteiger partial charge in [-0.3, -0.25) is 9.78 Å².